The fourth-order valence-corrected chi connectivity index (χ4v) is 3.78. The van der Waals surface area contributed by atoms with E-state index in [1.54, 1.807) is 12.1 Å². The van der Waals surface area contributed by atoms with Crippen molar-refractivity contribution in [1.29, 1.82) is 5.26 Å². The highest BCUT2D eigenvalue weighted by Crippen LogP contribution is 2.43. The predicted octanol–water partition coefficient (Wildman–Crippen LogP) is 3.10. The van der Waals surface area contributed by atoms with E-state index in [0.717, 1.165) is 10.5 Å². The molecule has 1 aromatic carbocycles. The van der Waals surface area contributed by atoms with Gasteiger partial charge in [0.2, 0.25) is 6.10 Å². The summed E-state index contributed by atoms with van der Waals surface area (Å²) in [5, 5.41) is 17.6. The Hall–Kier alpha value is -2.38. The molecule has 3 rings (SSSR count). The van der Waals surface area contributed by atoms with E-state index < -0.39 is 36.4 Å². The molecule has 0 aromatic heterocycles. The molecule has 0 saturated carbocycles. The Labute approximate surface area is 164 Å². The fraction of sp³-hybridized carbons (Fsp3) is 0.579. The third kappa shape index (κ3) is 4.62. The average Bonchev–Trinajstić information content (AvgIpc) is 3.09. The van der Waals surface area contributed by atoms with Crippen LogP contribution in [0.25, 0.3) is 0 Å². The highest BCUT2D eigenvalue weighted by Gasteiger charge is 2.46. The molecule has 158 valence electrons. The van der Waals surface area contributed by atoms with Crippen LogP contribution >= 0.6 is 0 Å². The SMILES string of the molecule is N#Cc1ccc([C@@H]2COC3(CCN(C(=O)O[C@H](CO)C(F)(F)F)CC3)C2)cc1F. The van der Waals surface area contributed by atoms with Crippen molar-refractivity contribution in [3.8, 4) is 6.07 Å². The van der Waals surface area contributed by atoms with Crippen molar-refractivity contribution < 1.29 is 36.9 Å². The van der Waals surface area contributed by atoms with Crippen LogP contribution in [0.2, 0.25) is 0 Å². The van der Waals surface area contributed by atoms with E-state index in [9.17, 15) is 22.4 Å². The second-order valence-corrected chi connectivity index (χ2v) is 7.33. The molecule has 29 heavy (non-hydrogen) atoms. The van der Waals surface area contributed by atoms with Crippen molar-refractivity contribution in [2.75, 3.05) is 26.3 Å². The van der Waals surface area contributed by atoms with Crippen molar-refractivity contribution >= 4 is 6.09 Å². The third-order valence-corrected chi connectivity index (χ3v) is 5.50. The summed E-state index contributed by atoms with van der Waals surface area (Å²) in [6.45, 7) is -0.665. The van der Waals surface area contributed by atoms with Crippen LogP contribution in [0.1, 0.15) is 36.3 Å². The first-order valence-electron chi connectivity index (χ1n) is 9.14. The number of piperidine rings is 1. The zero-order valence-electron chi connectivity index (χ0n) is 15.4. The first kappa shape index (κ1) is 21.3. The molecule has 2 saturated heterocycles. The number of rotatable bonds is 3. The van der Waals surface area contributed by atoms with Gasteiger partial charge in [-0.15, -0.1) is 0 Å². The van der Waals surface area contributed by atoms with E-state index in [2.05, 4.69) is 4.74 Å². The smallest absolute Gasteiger partial charge is 0.427 e. The maximum Gasteiger partial charge on any atom is 0.427 e. The number of alkyl halides is 3. The van der Waals surface area contributed by atoms with Crippen LogP contribution in [0.3, 0.4) is 0 Å². The summed E-state index contributed by atoms with van der Waals surface area (Å²) in [5.74, 6) is -0.661. The van der Waals surface area contributed by atoms with E-state index in [-0.39, 0.29) is 24.6 Å². The van der Waals surface area contributed by atoms with E-state index in [0.29, 0.717) is 25.9 Å². The minimum Gasteiger partial charge on any atom is -0.434 e. The number of hydrogen-bond donors (Lipinski definition) is 1. The molecule has 1 spiro atoms. The van der Waals surface area contributed by atoms with Gasteiger partial charge < -0.3 is 19.5 Å². The van der Waals surface area contributed by atoms with Gasteiger partial charge in [-0.1, -0.05) is 6.07 Å². The van der Waals surface area contributed by atoms with Crippen LogP contribution in [0.15, 0.2) is 18.2 Å². The lowest BCUT2D eigenvalue weighted by Gasteiger charge is -2.38. The zero-order valence-corrected chi connectivity index (χ0v) is 15.4. The number of hydrogen-bond acceptors (Lipinski definition) is 5. The number of likely N-dealkylation sites (tertiary alicyclic amines) is 1. The summed E-state index contributed by atoms with van der Waals surface area (Å²) in [6, 6.07) is 6.21. The molecule has 0 unspecified atom stereocenters. The number of amides is 1. The summed E-state index contributed by atoms with van der Waals surface area (Å²) >= 11 is 0. The van der Waals surface area contributed by atoms with E-state index in [4.69, 9.17) is 15.1 Å². The summed E-state index contributed by atoms with van der Waals surface area (Å²) in [5.41, 5.74) is 0.150. The molecule has 0 radical (unpaired) electrons. The monoisotopic (exact) mass is 416 g/mol. The van der Waals surface area contributed by atoms with Crippen molar-refractivity contribution in [1.82, 2.24) is 4.90 Å². The van der Waals surface area contributed by atoms with Gasteiger partial charge in [-0.3, -0.25) is 0 Å². The maximum atomic E-state index is 13.9. The van der Waals surface area contributed by atoms with Gasteiger partial charge in [0.15, 0.2) is 0 Å². The molecule has 2 fully saturated rings. The Kier molecular flexibility index (Phi) is 6.00. The number of ether oxygens (including phenoxy) is 2. The highest BCUT2D eigenvalue weighted by molar-refractivity contribution is 5.68. The predicted molar refractivity (Wildman–Crippen MR) is 91.4 cm³/mol. The van der Waals surface area contributed by atoms with E-state index in [1.165, 1.54) is 12.1 Å². The average molecular weight is 416 g/mol. The topological polar surface area (TPSA) is 82.8 Å². The lowest BCUT2D eigenvalue weighted by molar-refractivity contribution is -0.215. The number of benzene rings is 1. The molecule has 6 nitrogen and oxygen atoms in total. The number of aliphatic hydroxyl groups excluding tert-OH is 1. The molecule has 0 aliphatic carbocycles. The lowest BCUT2D eigenvalue weighted by Crippen LogP contribution is -2.48. The summed E-state index contributed by atoms with van der Waals surface area (Å²) in [6.07, 6.45) is -7.10. The molecular weight excluding hydrogens is 396 g/mol. The van der Waals surface area contributed by atoms with Crippen LogP contribution in [0, 0.1) is 17.1 Å². The Morgan fingerprint density at radius 3 is 2.66 bits per heavy atom. The normalized spacial score (nSPS) is 22.3. The summed E-state index contributed by atoms with van der Waals surface area (Å²) in [4.78, 5) is 13.1. The Morgan fingerprint density at radius 2 is 2.10 bits per heavy atom. The van der Waals surface area contributed by atoms with Gasteiger partial charge in [0.1, 0.15) is 11.9 Å². The van der Waals surface area contributed by atoms with Gasteiger partial charge in [0.25, 0.3) is 0 Å². The van der Waals surface area contributed by atoms with Crippen molar-refractivity contribution in [2.24, 2.45) is 0 Å². The molecule has 2 aliphatic heterocycles. The first-order chi connectivity index (χ1) is 13.7. The molecule has 0 bridgehead atoms. The van der Waals surface area contributed by atoms with E-state index in [1.807, 2.05) is 0 Å². The molecule has 2 heterocycles. The Balaban J connectivity index is 1.57. The van der Waals surface area contributed by atoms with Gasteiger partial charge in [-0.2, -0.15) is 18.4 Å². The van der Waals surface area contributed by atoms with Gasteiger partial charge in [-0.05, 0) is 37.0 Å². The Bertz CT molecular complexity index is 800. The standard InChI is InChI=1S/C19H20F4N2O4/c20-15-7-12(1-2-13(15)9-24)14-8-18(28-11-14)3-5-25(6-4-18)17(27)29-16(10-26)19(21,22)23/h1-2,7,14,16,26H,3-6,8,10-11H2/t14-,16+/m0/s1. The molecule has 2 atom stereocenters. The van der Waals surface area contributed by atoms with Crippen LogP contribution in [-0.2, 0) is 9.47 Å². The zero-order chi connectivity index (χ0) is 21.2. The largest absolute Gasteiger partial charge is 0.434 e. The minimum absolute atomic E-state index is 0.0331. The Morgan fingerprint density at radius 1 is 1.41 bits per heavy atom. The highest BCUT2D eigenvalue weighted by atomic mass is 19.4. The minimum atomic E-state index is -4.83. The second kappa shape index (κ2) is 8.16. The van der Waals surface area contributed by atoms with Crippen LogP contribution in [0.4, 0.5) is 22.4 Å². The molecule has 1 aromatic rings. The number of nitrogens with zero attached hydrogens (tertiary/aromatic N) is 2. The van der Waals surface area contributed by atoms with Crippen LogP contribution in [-0.4, -0.2) is 60.3 Å². The summed E-state index contributed by atoms with van der Waals surface area (Å²) in [7, 11) is 0. The van der Waals surface area contributed by atoms with Gasteiger partial charge in [0, 0.05) is 19.0 Å². The lowest BCUT2D eigenvalue weighted by atomic mass is 9.83. The first-order valence-corrected chi connectivity index (χ1v) is 9.14. The molecule has 2 aliphatic rings. The fourth-order valence-electron chi connectivity index (χ4n) is 3.78. The van der Waals surface area contributed by atoms with Gasteiger partial charge in [0.05, 0.1) is 24.4 Å². The number of carbonyl (C=O) groups is 1. The second-order valence-electron chi connectivity index (χ2n) is 7.33. The third-order valence-electron chi connectivity index (χ3n) is 5.50. The van der Waals surface area contributed by atoms with Crippen LogP contribution < -0.4 is 0 Å². The van der Waals surface area contributed by atoms with Crippen molar-refractivity contribution in [3.63, 3.8) is 0 Å². The van der Waals surface area contributed by atoms with E-state index >= 15 is 0 Å². The molecule has 1 N–H and O–H groups in total. The quantitative estimate of drug-likeness (QED) is 0.766. The van der Waals surface area contributed by atoms with Gasteiger partial charge in [-0.25, -0.2) is 9.18 Å². The molecule has 10 heteroatoms. The van der Waals surface area contributed by atoms with Gasteiger partial charge >= 0.3 is 12.3 Å². The van der Waals surface area contributed by atoms with Crippen molar-refractivity contribution in [3.05, 3.63) is 35.1 Å². The number of halogens is 4. The molecular formula is C19H20F4N2O4. The number of carbonyl (C=O) groups excluding carboxylic acids is 1. The summed E-state index contributed by atoms with van der Waals surface area (Å²) < 4.78 is 62.1. The number of aliphatic hydroxyl groups is 1. The maximum absolute atomic E-state index is 13.9. The van der Waals surface area contributed by atoms with Crippen molar-refractivity contribution in [2.45, 2.75) is 43.1 Å². The van der Waals surface area contributed by atoms with Crippen LogP contribution in [0.5, 0.6) is 0 Å². The molecule has 1 amide bonds. The number of nitriles is 1.